The number of hydrogen-bond acceptors (Lipinski definition) is 2. The molecule has 2 rings (SSSR count). The average Bonchev–Trinajstić information content (AvgIpc) is 2.85. The highest BCUT2D eigenvalue weighted by Gasteiger charge is 2.30. The van der Waals surface area contributed by atoms with Gasteiger partial charge in [-0.3, -0.25) is 4.79 Å². The molecule has 0 spiro atoms. The van der Waals surface area contributed by atoms with Gasteiger partial charge in [0.05, 0.1) is 6.61 Å². The van der Waals surface area contributed by atoms with Gasteiger partial charge >= 0.3 is 5.97 Å². The number of rotatable bonds is 6. The number of carbonyl (C=O) groups is 1. The van der Waals surface area contributed by atoms with Gasteiger partial charge in [-0.2, -0.15) is 0 Å². The van der Waals surface area contributed by atoms with E-state index in [0.29, 0.717) is 13.0 Å². The number of allylic oxidation sites excluding steroid dienone is 2. The molecule has 2 unspecified atom stereocenters. The summed E-state index contributed by atoms with van der Waals surface area (Å²) in [5, 5.41) is 0. The molecule has 2 aliphatic carbocycles. The SMILES string of the molecule is CCOC(=O)CCCCC1=CC2CCCC2C1. The Kier molecular flexibility index (Phi) is 4.64. The number of hydrogen-bond donors (Lipinski definition) is 0. The molecule has 0 bridgehead atoms. The first-order valence-corrected chi connectivity index (χ1v) is 7.14. The van der Waals surface area contributed by atoms with Crippen LogP contribution in [0.15, 0.2) is 11.6 Å². The maximum Gasteiger partial charge on any atom is 0.305 e. The van der Waals surface area contributed by atoms with E-state index in [-0.39, 0.29) is 5.97 Å². The molecule has 2 heteroatoms. The van der Waals surface area contributed by atoms with Crippen LogP contribution < -0.4 is 0 Å². The summed E-state index contributed by atoms with van der Waals surface area (Å²) in [6.07, 6.45) is 12.1. The van der Waals surface area contributed by atoms with E-state index in [2.05, 4.69) is 6.08 Å². The molecular formula is C15H24O2. The molecule has 2 atom stereocenters. The third kappa shape index (κ3) is 3.58. The maximum absolute atomic E-state index is 11.2. The van der Waals surface area contributed by atoms with Gasteiger partial charge in [-0.1, -0.05) is 18.1 Å². The second kappa shape index (κ2) is 6.23. The summed E-state index contributed by atoms with van der Waals surface area (Å²) in [6, 6.07) is 0. The van der Waals surface area contributed by atoms with Gasteiger partial charge < -0.3 is 4.74 Å². The summed E-state index contributed by atoms with van der Waals surface area (Å²) >= 11 is 0. The van der Waals surface area contributed by atoms with Crippen molar-refractivity contribution in [2.24, 2.45) is 11.8 Å². The predicted molar refractivity (Wildman–Crippen MR) is 68.6 cm³/mol. The van der Waals surface area contributed by atoms with Gasteiger partial charge in [0.2, 0.25) is 0 Å². The molecule has 0 heterocycles. The van der Waals surface area contributed by atoms with Crippen LogP contribution in [0.1, 0.15) is 58.3 Å². The molecule has 1 fully saturated rings. The molecule has 0 amide bonds. The third-order valence-electron chi connectivity index (χ3n) is 4.13. The first-order chi connectivity index (χ1) is 8.29. The fraction of sp³-hybridized carbons (Fsp3) is 0.800. The molecule has 1 saturated carbocycles. The van der Waals surface area contributed by atoms with Crippen LogP contribution in [0.2, 0.25) is 0 Å². The van der Waals surface area contributed by atoms with E-state index in [1.165, 1.54) is 32.1 Å². The summed E-state index contributed by atoms with van der Waals surface area (Å²) in [4.78, 5) is 11.2. The Balaban J connectivity index is 1.58. The van der Waals surface area contributed by atoms with Crippen molar-refractivity contribution in [1.29, 1.82) is 0 Å². The Morgan fingerprint density at radius 1 is 1.41 bits per heavy atom. The number of fused-ring (bicyclic) bond motifs is 1. The normalized spacial score (nSPS) is 26.8. The van der Waals surface area contributed by atoms with E-state index in [1.807, 2.05) is 6.92 Å². The summed E-state index contributed by atoms with van der Waals surface area (Å²) in [5.41, 5.74) is 1.66. The lowest BCUT2D eigenvalue weighted by atomic mass is 9.99. The van der Waals surface area contributed by atoms with Crippen molar-refractivity contribution in [3.63, 3.8) is 0 Å². The second-order valence-electron chi connectivity index (χ2n) is 5.40. The van der Waals surface area contributed by atoms with Crippen LogP contribution in [-0.2, 0) is 9.53 Å². The molecule has 0 aromatic rings. The van der Waals surface area contributed by atoms with Crippen LogP contribution in [0.3, 0.4) is 0 Å². The fourth-order valence-electron chi connectivity index (χ4n) is 3.29. The molecule has 17 heavy (non-hydrogen) atoms. The predicted octanol–water partition coefficient (Wildman–Crippen LogP) is 3.86. The highest BCUT2D eigenvalue weighted by Crippen LogP contribution is 2.43. The van der Waals surface area contributed by atoms with Crippen LogP contribution in [0.5, 0.6) is 0 Å². The Bertz CT molecular complexity index is 293. The van der Waals surface area contributed by atoms with Crippen molar-refractivity contribution in [3.8, 4) is 0 Å². The van der Waals surface area contributed by atoms with Crippen molar-refractivity contribution in [3.05, 3.63) is 11.6 Å². The van der Waals surface area contributed by atoms with Crippen molar-refractivity contribution in [2.45, 2.75) is 58.3 Å². The van der Waals surface area contributed by atoms with Crippen LogP contribution in [0.25, 0.3) is 0 Å². The van der Waals surface area contributed by atoms with Crippen LogP contribution in [0.4, 0.5) is 0 Å². The average molecular weight is 236 g/mol. The Labute approximate surface area is 104 Å². The zero-order valence-corrected chi connectivity index (χ0v) is 10.9. The fourth-order valence-corrected chi connectivity index (χ4v) is 3.29. The van der Waals surface area contributed by atoms with Gasteiger partial charge in [-0.05, 0) is 57.3 Å². The molecule has 0 N–H and O–H groups in total. The maximum atomic E-state index is 11.2. The number of ether oxygens (including phenoxy) is 1. The highest BCUT2D eigenvalue weighted by atomic mass is 16.5. The monoisotopic (exact) mass is 236 g/mol. The van der Waals surface area contributed by atoms with Gasteiger partial charge in [-0.25, -0.2) is 0 Å². The largest absolute Gasteiger partial charge is 0.466 e. The lowest BCUT2D eigenvalue weighted by molar-refractivity contribution is -0.143. The van der Waals surface area contributed by atoms with Gasteiger partial charge in [0, 0.05) is 6.42 Å². The van der Waals surface area contributed by atoms with Gasteiger partial charge in [-0.15, -0.1) is 0 Å². The molecule has 0 aliphatic heterocycles. The zero-order valence-electron chi connectivity index (χ0n) is 10.9. The summed E-state index contributed by atoms with van der Waals surface area (Å²) in [6.45, 7) is 2.37. The molecule has 2 aliphatic rings. The molecule has 0 radical (unpaired) electrons. The quantitative estimate of drug-likeness (QED) is 0.398. The van der Waals surface area contributed by atoms with Crippen molar-refractivity contribution >= 4 is 5.97 Å². The molecular weight excluding hydrogens is 212 g/mol. The molecule has 2 nitrogen and oxygen atoms in total. The first kappa shape index (κ1) is 12.7. The smallest absolute Gasteiger partial charge is 0.305 e. The van der Waals surface area contributed by atoms with Gasteiger partial charge in [0.25, 0.3) is 0 Å². The summed E-state index contributed by atoms with van der Waals surface area (Å²) in [7, 11) is 0. The number of carbonyl (C=O) groups excluding carboxylic acids is 1. The lowest BCUT2D eigenvalue weighted by Gasteiger charge is -2.07. The van der Waals surface area contributed by atoms with Crippen molar-refractivity contribution < 1.29 is 9.53 Å². The molecule has 0 aromatic carbocycles. The minimum absolute atomic E-state index is 0.0372. The minimum Gasteiger partial charge on any atom is -0.466 e. The zero-order chi connectivity index (χ0) is 12.1. The summed E-state index contributed by atoms with van der Waals surface area (Å²) < 4.78 is 4.92. The lowest BCUT2D eigenvalue weighted by Crippen LogP contribution is -2.03. The Hall–Kier alpha value is -0.790. The van der Waals surface area contributed by atoms with Gasteiger partial charge in [0.15, 0.2) is 0 Å². The molecule has 0 aromatic heterocycles. The number of unbranched alkanes of at least 4 members (excludes halogenated alkanes) is 1. The Morgan fingerprint density at radius 3 is 3.06 bits per heavy atom. The van der Waals surface area contributed by atoms with Crippen LogP contribution >= 0.6 is 0 Å². The molecule has 0 saturated heterocycles. The van der Waals surface area contributed by atoms with Crippen molar-refractivity contribution in [2.75, 3.05) is 6.61 Å². The van der Waals surface area contributed by atoms with E-state index in [9.17, 15) is 4.79 Å². The van der Waals surface area contributed by atoms with E-state index < -0.39 is 0 Å². The van der Waals surface area contributed by atoms with E-state index in [0.717, 1.165) is 24.7 Å². The van der Waals surface area contributed by atoms with Crippen molar-refractivity contribution in [1.82, 2.24) is 0 Å². The third-order valence-corrected chi connectivity index (χ3v) is 4.13. The van der Waals surface area contributed by atoms with E-state index >= 15 is 0 Å². The highest BCUT2D eigenvalue weighted by molar-refractivity contribution is 5.69. The minimum atomic E-state index is -0.0372. The topological polar surface area (TPSA) is 26.3 Å². The number of esters is 1. The van der Waals surface area contributed by atoms with E-state index in [4.69, 9.17) is 4.74 Å². The van der Waals surface area contributed by atoms with Gasteiger partial charge in [0.1, 0.15) is 0 Å². The standard InChI is InChI=1S/C15H24O2/c1-2-17-15(16)9-4-3-6-12-10-13-7-5-8-14(13)11-12/h10,13-14H,2-9,11H2,1H3. The van der Waals surface area contributed by atoms with Crippen LogP contribution in [0, 0.1) is 11.8 Å². The second-order valence-corrected chi connectivity index (χ2v) is 5.40. The van der Waals surface area contributed by atoms with E-state index in [1.54, 1.807) is 5.57 Å². The molecule has 96 valence electrons. The Morgan fingerprint density at radius 2 is 2.29 bits per heavy atom. The van der Waals surface area contributed by atoms with Crippen LogP contribution in [-0.4, -0.2) is 12.6 Å². The first-order valence-electron chi connectivity index (χ1n) is 7.14. The summed E-state index contributed by atoms with van der Waals surface area (Å²) in [5.74, 6) is 1.83.